The number of aliphatic hydroxyl groups excluding tert-OH is 1. The van der Waals surface area contributed by atoms with Crippen molar-refractivity contribution in [1.82, 2.24) is 5.32 Å². The summed E-state index contributed by atoms with van der Waals surface area (Å²) in [5.41, 5.74) is -0.613. The molecule has 1 unspecified atom stereocenters. The van der Waals surface area contributed by atoms with Crippen molar-refractivity contribution in [1.29, 1.82) is 0 Å². The highest BCUT2D eigenvalue weighted by Gasteiger charge is 2.30. The van der Waals surface area contributed by atoms with E-state index < -0.39 is 5.54 Å². The van der Waals surface area contributed by atoms with Crippen molar-refractivity contribution in [3.8, 4) is 0 Å². The average molecular weight is 296 g/mol. The van der Waals surface area contributed by atoms with Crippen molar-refractivity contribution in [3.63, 3.8) is 0 Å². The van der Waals surface area contributed by atoms with E-state index in [2.05, 4.69) is 10.6 Å². The summed E-state index contributed by atoms with van der Waals surface area (Å²) in [6.45, 7) is 3.60. The predicted molar refractivity (Wildman–Crippen MR) is 78.9 cm³/mol. The first-order chi connectivity index (χ1) is 9.47. The largest absolute Gasteiger partial charge is 0.394 e. The van der Waals surface area contributed by atoms with Crippen molar-refractivity contribution in [3.05, 3.63) is 17.0 Å². The maximum atomic E-state index is 12.1. The van der Waals surface area contributed by atoms with Gasteiger partial charge in [-0.05, 0) is 38.3 Å². The smallest absolute Gasteiger partial charge is 0.261 e. The topological polar surface area (TPSA) is 78.4 Å². The number of carbonyl (C=O) groups excluding carboxylic acids is 2. The maximum Gasteiger partial charge on any atom is 0.261 e. The molecule has 6 heteroatoms. The third-order valence-electron chi connectivity index (χ3n) is 3.57. The van der Waals surface area contributed by atoms with E-state index in [-0.39, 0.29) is 24.3 Å². The van der Waals surface area contributed by atoms with Crippen LogP contribution in [0.5, 0.6) is 0 Å². The van der Waals surface area contributed by atoms with Gasteiger partial charge in [0.05, 0.1) is 22.0 Å². The highest BCUT2D eigenvalue weighted by Crippen LogP contribution is 2.31. The third-order valence-corrected chi connectivity index (χ3v) is 4.57. The number of nitrogens with one attached hydrogen (secondary N) is 2. The molecule has 0 radical (unpaired) electrons. The SMILES string of the molecule is CCC(C)(CO)NC(=O)c1ccc(NC(=O)C2CC2)s1. The van der Waals surface area contributed by atoms with Crippen LogP contribution in [0.15, 0.2) is 12.1 Å². The predicted octanol–water partition coefficient (Wildman–Crippen LogP) is 1.99. The molecule has 1 heterocycles. The summed E-state index contributed by atoms with van der Waals surface area (Å²) in [7, 11) is 0. The highest BCUT2D eigenvalue weighted by atomic mass is 32.1. The van der Waals surface area contributed by atoms with E-state index in [0.717, 1.165) is 12.8 Å². The number of rotatable bonds is 6. The molecule has 3 N–H and O–H groups in total. The summed E-state index contributed by atoms with van der Waals surface area (Å²) in [5, 5.41) is 15.6. The summed E-state index contributed by atoms with van der Waals surface area (Å²) in [4.78, 5) is 24.3. The molecular weight excluding hydrogens is 276 g/mol. The van der Waals surface area contributed by atoms with Gasteiger partial charge in [0, 0.05) is 5.92 Å². The molecule has 20 heavy (non-hydrogen) atoms. The maximum absolute atomic E-state index is 12.1. The van der Waals surface area contributed by atoms with E-state index in [0.29, 0.717) is 16.3 Å². The Bertz CT molecular complexity index is 504. The van der Waals surface area contributed by atoms with Gasteiger partial charge in [-0.15, -0.1) is 11.3 Å². The molecule has 0 spiro atoms. The fourth-order valence-corrected chi connectivity index (χ4v) is 2.48. The second-order valence-electron chi connectivity index (χ2n) is 5.45. The molecular formula is C14H20N2O3S. The van der Waals surface area contributed by atoms with Crippen LogP contribution in [0.4, 0.5) is 5.00 Å². The first-order valence-electron chi connectivity index (χ1n) is 6.81. The van der Waals surface area contributed by atoms with Crippen LogP contribution in [-0.4, -0.2) is 29.1 Å². The Morgan fingerprint density at radius 2 is 2.15 bits per heavy atom. The number of anilines is 1. The van der Waals surface area contributed by atoms with Crippen LogP contribution in [-0.2, 0) is 4.79 Å². The summed E-state index contributed by atoms with van der Waals surface area (Å²) < 4.78 is 0. The van der Waals surface area contributed by atoms with E-state index in [1.54, 1.807) is 19.1 Å². The second kappa shape index (κ2) is 5.93. The normalized spacial score (nSPS) is 17.4. The molecule has 5 nitrogen and oxygen atoms in total. The summed E-state index contributed by atoms with van der Waals surface area (Å²) in [5.74, 6) is -0.0416. The highest BCUT2D eigenvalue weighted by molar-refractivity contribution is 7.18. The zero-order chi connectivity index (χ0) is 14.8. The molecule has 0 saturated heterocycles. The lowest BCUT2D eigenvalue weighted by molar-refractivity contribution is -0.117. The Kier molecular flexibility index (Phi) is 4.45. The van der Waals surface area contributed by atoms with Gasteiger partial charge < -0.3 is 15.7 Å². The fourth-order valence-electron chi connectivity index (χ4n) is 1.67. The van der Waals surface area contributed by atoms with Crippen molar-refractivity contribution in [2.45, 2.75) is 38.6 Å². The minimum Gasteiger partial charge on any atom is -0.394 e. The fraction of sp³-hybridized carbons (Fsp3) is 0.571. The van der Waals surface area contributed by atoms with Crippen molar-refractivity contribution < 1.29 is 14.7 Å². The van der Waals surface area contributed by atoms with Crippen LogP contribution in [0.25, 0.3) is 0 Å². The number of amides is 2. The average Bonchev–Trinajstić information content (AvgIpc) is 3.19. The van der Waals surface area contributed by atoms with Gasteiger partial charge in [-0.2, -0.15) is 0 Å². The molecule has 2 amide bonds. The van der Waals surface area contributed by atoms with Gasteiger partial charge in [-0.3, -0.25) is 9.59 Å². The van der Waals surface area contributed by atoms with Crippen molar-refractivity contribution in [2.75, 3.05) is 11.9 Å². The quantitative estimate of drug-likeness (QED) is 0.751. The monoisotopic (exact) mass is 296 g/mol. The molecule has 1 aromatic heterocycles. The second-order valence-corrected chi connectivity index (χ2v) is 6.54. The number of hydrogen-bond acceptors (Lipinski definition) is 4. The summed E-state index contributed by atoms with van der Waals surface area (Å²) in [6, 6.07) is 3.43. The first-order valence-corrected chi connectivity index (χ1v) is 7.63. The Morgan fingerprint density at radius 1 is 1.45 bits per heavy atom. The van der Waals surface area contributed by atoms with Gasteiger partial charge in [0.15, 0.2) is 0 Å². The van der Waals surface area contributed by atoms with Crippen LogP contribution in [0, 0.1) is 5.92 Å². The van der Waals surface area contributed by atoms with Crippen LogP contribution < -0.4 is 10.6 Å². The molecule has 1 saturated carbocycles. The van der Waals surface area contributed by atoms with Gasteiger partial charge in [-0.25, -0.2) is 0 Å². The lowest BCUT2D eigenvalue weighted by Crippen LogP contribution is -2.48. The number of hydrogen-bond donors (Lipinski definition) is 3. The zero-order valence-electron chi connectivity index (χ0n) is 11.7. The van der Waals surface area contributed by atoms with Gasteiger partial charge in [-0.1, -0.05) is 6.92 Å². The standard InChI is InChI=1S/C14H20N2O3S/c1-3-14(2,8-17)16-13(19)10-6-7-11(20-10)15-12(18)9-4-5-9/h6-7,9,17H,3-5,8H2,1-2H3,(H,15,18)(H,16,19). The number of thiophene rings is 1. The summed E-state index contributed by atoms with van der Waals surface area (Å²) in [6.07, 6.45) is 2.55. The van der Waals surface area contributed by atoms with Crippen LogP contribution >= 0.6 is 11.3 Å². The van der Waals surface area contributed by atoms with E-state index in [1.807, 2.05) is 6.92 Å². The van der Waals surface area contributed by atoms with Gasteiger partial charge in [0.2, 0.25) is 5.91 Å². The van der Waals surface area contributed by atoms with Gasteiger partial charge >= 0.3 is 0 Å². The molecule has 0 aromatic carbocycles. The Hall–Kier alpha value is -1.40. The third kappa shape index (κ3) is 3.58. The summed E-state index contributed by atoms with van der Waals surface area (Å²) >= 11 is 1.25. The molecule has 110 valence electrons. The molecule has 0 bridgehead atoms. The zero-order valence-corrected chi connectivity index (χ0v) is 12.5. The Labute approximate surface area is 122 Å². The minimum absolute atomic E-state index is 0.0348. The van der Waals surface area contributed by atoms with E-state index >= 15 is 0 Å². The molecule has 1 aromatic rings. The molecule has 1 fully saturated rings. The Morgan fingerprint density at radius 3 is 2.70 bits per heavy atom. The van der Waals surface area contributed by atoms with Crippen molar-refractivity contribution >= 4 is 28.2 Å². The number of aliphatic hydroxyl groups is 1. The molecule has 1 atom stereocenters. The van der Waals surface area contributed by atoms with Crippen LogP contribution in [0.3, 0.4) is 0 Å². The first kappa shape index (κ1) is 15.0. The van der Waals surface area contributed by atoms with E-state index in [4.69, 9.17) is 0 Å². The Balaban J connectivity index is 1.97. The van der Waals surface area contributed by atoms with E-state index in [1.165, 1.54) is 11.3 Å². The van der Waals surface area contributed by atoms with Gasteiger partial charge in [0.1, 0.15) is 0 Å². The van der Waals surface area contributed by atoms with Crippen LogP contribution in [0.2, 0.25) is 0 Å². The molecule has 2 rings (SSSR count). The number of carbonyl (C=O) groups is 2. The minimum atomic E-state index is -0.613. The molecule has 1 aliphatic rings. The lowest BCUT2D eigenvalue weighted by Gasteiger charge is -2.26. The lowest BCUT2D eigenvalue weighted by atomic mass is 10.0. The van der Waals surface area contributed by atoms with Gasteiger partial charge in [0.25, 0.3) is 5.91 Å². The van der Waals surface area contributed by atoms with E-state index in [9.17, 15) is 14.7 Å². The molecule has 0 aliphatic heterocycles. The van der Waals surface area contributed by atoms with Crippen LogP contribution in [0.1, 0.15) is 42.8 Å². The molecule has 1 aliphatic carbocycles. The van der Waals surface area contributed by atoms with Crippen molar-refractivity contribution in [2.24, 2.45) is 5.92 Å².